The number of carbonyl (C=O) groups excluding carboxylic acids is 1. The van der Waals surface area contributed by atoms with Gasteiger partial charge in [-0.2, -0.15) is 0 Å². The quantitative estimate of drug-likeness (QED) is 0.921. The molecule has 0 unspecified atom stereocenters. The molecule has 1 aromatic carbocycles. The fourth-order valence-electron chi connectivity index (χ4n) is 1.74. The summed E-state index contributed by atoms with van der Waals surface area (Å²) < 4.78 is 5.03. The SMILES string of the molecule is COc1cc(CNC(=O)Cc2ccccc2)c(Cl)cn1. The van der Waals surface area contributed by atoms with Crippen molar-refractivity contribution in [3.05, 3.63) is 58.7 Å². The molecule has 1 N–H and O–H groups in total. The first-order valence-corrected chi connectivity index (χ1v) is 6.56. The Bertz CT molecular complexity index is 588. The van der Waals surface area contributed by atoms with E-state index in [2.05, 4.69) is 10.3 Å². The van der Waals surface area contributed by atoms with Gasteiger partial charge in [0.25, 0.3) is 0 Å². The Kier molecular flexibility index (Phi) is 4.96. The summed E-state index contributed by atoms with van der Waals surface area (Å²) in [5, 5.41) is 3.34. The fraction of sp³-hybridized carbons (Fsp3) is 0.200. The van der Waals surface area contributed by atoms with E-state index < -0.39 is 0 Å². The number of benzene rings is 1. The van der Waals surface area contributed by atoms with Crippen LogP contribution in [-0.2, 0) is 17.8 Å². The highest BCUT2D eigenvalue weighted by Gasteiger charge is 2.07. The molecule has 0 saturated carbocycles. The molecule has 0 atom stereocenters. The normalized spacial score (nSPS) is 10.1. The van der Waals surface area contributed by atoms with Gasteiger partial charge in [-0.25, -0.2) is 4.98 Å². The molecule has 1 amide bonds. The van der Waals surface area contributed by atoms with Crippen LogP contribution in [0.3, 0.4) is 0 Å². The second-order valence-corrected chi connectivity index (χ2v) is 4.66. The number of pyridine rings is 1. The summed E-state index contributed by atoms with van der Waals surface area (Å²) in [4.78, 5) is 15.8. The lowest BCUT2D eigenvalue weighted by molar-refractivity contribution is -0.120. The molecule has 2 rings (SSSR count). The Morgan fingerprint density at radius 2 is 2.10 bits per heavy atom. The van der Waals surface area contributed by atoms with Crippen molar-refractivity contribution in [3.8, 4) is 5.88 Å². The van der Waals surface area contributed by atoms with E-state index in [1.165, 1.54) is 13.3 Å². The molecule has 0 aliphatic rings. The second-order valence-electron chi connectivity index (χ2n) is 4.26. The Morgan fingerprint density at radius 3 is 2.80 bits per heavy atom. The monoisotopic (exact) mass is 290 g/mol. The number of ether oxygens (including phenoxy) is 1. The van der Waals surface area contributed by atoms with Gasteiger partial charge in [0.1, 0.15) is 0 Å². The van der Waals surface area contributed by atoms with Gasteiger partial charge < -0.3 is 10.1 Å². The predicted octanol–water partition coefficient (Wildman–Crippen LogP) is 2.60. The van der Waals surface area contributed by atoms with Gasteiger partial charge in [0.2, 0.25) is 11.8 Å². The highest BCUT2D eigenvalue weighted by molar-refractivity contribution is 6.31. The maximum Gasteiger partial charge on any atom is 0.224 e. The smallest absolute Gasteiger partial charge is 0.224 e. The molecular formula is C15H15ClN2O2. The Labute approximate surface area is 122 Å². The third kappa shape index (κ3) is 3.96. The van der Waals surface area contributed by atoms with Crippen LogP contribution in [0.2, 0.25) is 5.02 Å². The van der Waals surface area contributed by atoms with Crippen LogP contribution in [0.1, 0.15) is 11.1 Å². The van der Waals surface area contributed by atoms with Crippen molar-refractivity contribution in [2.75, 3.05) is 7.11 Å². The van der Waals surface area contributed by atoms with Crippen LogP contribution in [0, 0.1) is 0 Å². The highest BCUT2D eigenvalue weighted by Crippen LogP contribution is 2.18. The molecule has 4 nitrogen and oxygen atoms in total. The van der Waals surface area contributed by atoms with E-state index >= 15 is 0 Å². The van der Waals surface area contributed by atoms with Crippen molar-refractivity contribution in [2.24, 2.45) is 0 Å². The molecule has 0 aliphatic carbocycles. The lowest BCUT2D eigenvalue weighted by atomic mass is 10.1. The summed E-state index contributed by atoms with van der Waals surface area (Å²) in [6.45, 7) is 0.351. The molecule has 1 heterocycles. The molecule has 0 spiro atoms. The summed E-state index contributed by atoms with van der Waals surface area (Å²) in [6.07, 6.45) is 1.86. The third-order valence-electron chi connectivity index (χ3n) is 2.80. The van der Waals surface area contributed by atoms with E-state index in [4.69, 9.17) is 16.3 Å². The molecule has 0 fully saturated rings. The number of halogens is 1. The van der Waals surface area contributed by atoms with Crippen LogP contribution in [0.4, 0.5) is 0 Å². The van der Waals surface area contributed by atoms with Crippen LogP contribution in [0.25, 0.3) is 0 Å². The number of rotatable bonds is 5. The minimum absolute atomic E-state index is 0.0527. The fourth-order valence-corrected chi connectivity index (χ4v) is 1.91. The second kappa shape index (κ2) is 6.91. The molecule has 0 radical (unpaired) electrons. The van der Waals surface area contributed by atoms with Crippen molar-refractivity contribution in [3.63, 3.8) is 0 Å². The zero-order valence-corrected chi connectivity index (χ0v) is 11.9. The van der Waals surface area contributed by atoms with Crippen LogP contribution in [-0.4, -0.2) is 18.0 Å². The van der Waals surface area contributed by atoms with Crippen molar-refractivity contribution in [1.82, 2.24) is 10.3 Å². The number of carbonyl (C=O) groups is 1. The first kappa shape index (κ1) is 14.3. The number of nitrogens with zero attached hydrogens (tertiary/aromatic N) is 1. The molecule has 1 aromatic heterocycles. The van der Waals surface area contributed by atoms with E-state index in [0.717, 1.165) is 11.1 Å². The van der Waals surface area contributed by atoms with Crippen molar-refractivity contribution >= 4 is 17.5 Å². The Morgan fingerprint density at radius 1 is 1.35 bits per heavy atom. The minimum Gasteiger partial charge on any atom is -0.481 e. The van der Waals surface area contributed by atoms with Crippen LogP contribution >= 0.6 is 11.6 Å². The Hall–Kier alpha value is -2.07. The molecule has 0 bridgehead atoms. The molecule has 2 aromatic rings. The number of hydrogen-bond acceptors (Lipinski definition) is 3. The van der Waals surface area contributed by atoms with E-state index in [-0.39, 0.29) is 5.91 Å². The number of methoxy groups -OCH3 is 1. The van der Waals surface area contributed by atoms with Crippen molar-refractivity contribution in [2.45, 2.75) is 13.0 Å². The van der Waals surface area contributed by atoms with Crippen LogP contribution in [0.5, 0.6) is 5.88 Å². The summed E-state index contributed by atoms with van der Waals surface area (Å²) >= 11 is 6.03. The largest absolute Gasteiger partial charge is 0.481 e. The van der Waals surface area contributed by atoms with Gasteiger partial charge in [0.05, 0.1) is 18.6 Å². The minimum atomic E-state index is -0.0527. The summed E-state index contributed by atoms with van der Waals surface area (Å²) in [7, 11) is 1.54. The molecule has 20 heavy (non-hydrogen) atoms. The first-order valence-electron chi connectivity index (χ1n) is 6.18. The zero-order chi connectivity index (χ0) is 14.4. The van der Waals surface area contributed by atoms with E-state index in [1.807, 2.05) is 30.3 Å². The molecule has 104 valence electrons. The molecule has 0 saturated heterocycles. The van der Waals surface area contributed by atoms with Gasteiger partial charge >= 0.3 is 0 Å². The van der Waals surface area contributed by atoms with Gasteiger partial charge in [0, 0.05) is 18.8 Å². The number of nitrogens with one attached hydrogen (secondary N) is 1. The molecular weight excluding hydrogens is 276 g/mol. The molecule has 0 aliphatic heterocycles. The number of amides is 1. The van der Waals surface area contributed by atoms with Gasteiger partial charge in [-0.3, -0.25) is 4.79 Å². The standard InChI is InChI=1S/C15H15ClN2O2/c1-20-15-8-12(13(16)10-18-15)9-17-14(19)7-11-5-3-2-4-6-11/h2-6,8,10H,7,9H2,1H3,(H,17,19). The molecule has 5 heteroatoms. The van der Waals surface area contributed by atoms with E-state index in [1.54, 1.807) is 6.07 Å². The van der Waals surface area contributed by atoms with E-state index in [9.17, 15) is 4.79 Å². The topological polar surface area (TPSA) is 51.2 Å². The van der Waals surface area contributed by atoms with E-state index in [0.29, 0.717) is 23.9 Å². The number of hydrogen-bond donors (Lipinski definition) is 1. The third-order valence-corrected chi connectivity index (χ3v) is 3.14. The van der Waals surface area contributed by atoms with Crippen molar-refractivity contribution in [1.29, 1.82) is 0 Å². The zero-order valence-electron chi connectivity index (χ0n) is 11.1. The predicted molar refractivity (Wildman–Crippen MR) is 77.8 cm³/mol. The van der Waals surface area contributed by atoms with Crippen LogP contribution < -0.4 is 10.1 Å². The van der Waals surface area contributed by atoms with Gasteiger partial charge in [0.15, 0.2) is 0 Å². The lowest BCUT2D eigenvalue weighted by Gasteiger charge is -2.08. The number of aromatic nitrogens is 1. The van der Waals surface area contributed by atoms with Gasteiger partial charge in [-0.05, 0) is 11.1 Å². The lowest BCUT2D eigenvalue weighted by Crippen LogP contribution is -2.24. The maximum atomic E-state index is 11.9. The first-order chi connectivity index (χ1) is 9.69. The summed E-state index contributed by atoms with van der Waals surface area (Å²) in [5.41, 5.74) is 1.75. The Balaban J connectivity index is 1.93. The highest BCUT2D eigenvalue weighted by atomic mass is 35.5. The van der Waals surface area contributed by atoms with Gasteiger partial charge in [-0.1, -0.05) is 41.9 Å². The maximum absolute atomic E-state index is 11.9. The summed E-state index contributed by atoms with van der Waals surface area (Å²) in [5.74, 6) is 0.421. The summed E-state index contributed by atoms with van der Waals surface area (Å²) in [6, 6.07) is 11.3. The average molecular weight is 291 g/mol. The average Bonchev–Trinajstić information content (AvgIpc) is 2.47. The van der Waals surface area contributed by atoms with Crippen molar-refractivity contribution < 1.29 is 9.53 Å². The van der Waals surface area contributed by atoms with Gasteiger partial charge in [-0.15, -0.1) is 0 Å². The van der Waals surface area contributed by atoms with Crippen LogP contribution in [0.15, 0.2) is 42.6 Å².